The van der Waals surface area contributed by atoms with Crippen LogP contribution < -0.4 is 9.62 Å². The highest BCUT2D eigenvalue weighted by atomic mass is 35.5. The third-order valence-corrected chi connectivity index (χ3v) is 7.92. The van der Waals surface area contributed by atoms with Crippen LogP contribution in [0.15, 0.2) is 65.6 Å². The molecule has 0 saturated carbocycles. The van der Waals surface area contributed by atoms with E-state index in [0.29, 0.717) is 29.4 Å². The van der Waals surface area contributed by atoms with Crippen LogP contribution in [0.2, 0.25) is 15.1 Å². The van der Waals surface area contributed by atoms with Crippen LogP contribution in [0, 0.1) is 0 Å². The van der Waals surface area contributed by atoms with Crippen molar-refractivity contribution in [2.45, 2.75) is 11.3 Å². The fraction of sp³-hybridized carbons (Fsp3) is 0.0952. The molecule has 0 atom stereocenters. The molecule has 1 aliphatic rings. The molecule has 0 saturated heterocycles. The van der Waals surface area contributed by atoms with Crippen LogP contribution in [0.5, 0.6) is 0 Å². The molecule has 0 unspecified atom stereocenters. The Morgan fingerprint density at radius 2 is 1.70 bits per heavy atom. The summed E-state index contributed by atoms with van der Waals surface area (Å²) in [5, 5.41) is 3.17. The zero-order valence-corrected chi connectivity index (χ0v) is 18.5. The molecule has 9 heteroatoms. The monoisotopic (exact) mass is 480 g/mol. The van der Waals surface area contributed by atoms with E-state index in [1.807, 2.05) is 12.1 Å². The minimum atomic E-state index is -3.95. The van der Waals surface area contributed by atoms with Crippen molar-refractivity contribution in [2.75, 3.05) is 16.2 Å². The Morgan fingerprint density at radius 1 is 0.933 bits per heavy atom. The molecule has 154 valence electrons. The molecule has 3 aromatic carbocycles. The van der Waals surface area contributed by atoms with Gasteiger partial charge in [0.1, 0.15) is 4.90 Å². The van der Waals surface area contributed by atoms with Gasteiger partial charge in [-0.15, -0.1) is 0 Å². The van der Waals surface area contributed by atoms with Crippen molar-refractivity contribution in [2.24, 2.45) is 0 Å². The Hall–Kier alpha value is -2.25. The van der Waals surface area contributed by atoms with E-state index in [2.05, 4.69) is 5.32 Å². The van der Waals surface area contributed by atoms with E-state index in [4.69, 9.17) is 34.8 Å². The van der Waals surface area contributed by atoms with Gasteiger partial charge in [0.25, 0.3) is 15.9 Å². The molecule has 0 bridgehead atoms. The van der Waals surface area contributed by atoms with Crippen LogP contribution in [-0.2, 0) is 16.4 Å². The van der Waals surface area contributed by atoms with Gasteiger partial charge in [-0.3, -0.25) is 9.10 Å². The molecule has 0 aliphatic carbocycles. The summed E-state index contributed by atoms with van der Waals surface area (Å²) in [4.78, 5) is 12.6. The van der Waals surface area contributed by atoms with E-state index in [1.165, 1.54) is 22.5 Å². The number of anilines is 2. The predicted molar refractivity (Wildman–Crippen MR) is 121 cm³/mol. The van der Waals surface area contributed by atoms with Crippen molar-refractivity contribution in [3.8, 4) is 0 Å². The summed E-state index contributed by atoms with van der Waals surface area (Å²) in [6.07, 6.45) is 0.612. The lowest BCUT2D eigenvalue weighted by atomic mass is 10.2. The van der Waals surface area contributed by atoms with Gasteiger partial charge >= 0.3 is 0 Å². The van der Waals surface area contributed by atoms with Crippen molar-refractivity contribution < 1.29 is 13.2 Å². The van der Waals surface area contributed by atoms with Crippen molar-refractivity contribution in [3.63, 3.8) is 0 Å². The van der Waals surface area contributed by atoms with Gasteiger partial charge in [-0.25, -0.2) is 8.42 Å². The standard InChI is InChI=1S/C21H15Cl3N2O3S/c22-15-9-8-14(21(27)25-17-6-3-5-16(23)20(17)24)12-19(15)30(28,29)26-11-10-13-4-1-2-7-18(13)26/h1-9,12H,10-11H2,(H,25,27). The zero-order valence-electron chi connectivity index (χ0n) is 15.4. The van der Waals surface area contributed by atoms with E-state index < -0.39 is 15.9 Å². The van der Waals surface area contributed by atoms with Crippen molar-refractivity contribution in [3.05, 3.63) is 86.9 Å². The summed E-state index contributed by atoms with van der Waals surface area (Å²) in [6, 6.07) is 16.3. The maximum atomic E-state index is 13.3. The van der Waals surface area contributed by atoms with Gasteiger partial charge in [-0.05, 0) is 48.4 Å². The van der Waals surface area contributed by atoms with Crippen molar-refractivity contribution in [1.82, 2.24) is 0 Å². The molecule has 4 rings (SSSR count). The van der Waals surface area contributed by atoms with Gasteiger partial charge in [-0.1, -0.05) is 59.1 Å². The summed E-state index contributed by atoms with van der Waals surface area (Å²) < 4.78 is 28.0. The molecule has 0 fully saturated rings. The molecule has 0 aromatic heterocycles. The molecule has 3 aromatic rings. The Balaban J connectivity index is 1.68. The summed E-state index contributed by atoms with van der Waals surface area (Å²) in [7, 11) is -3.95. The number of carbonyl (C=O) groups is 1. The molecule has 0 spiro atoms. The summed E-state index contributed by atoms with van der Waals surface area (Å²) >= 11 is 18.3. The summed E-state index contributed by atoms with van der Waals surface area (Å²) in [5.74, 6) is -0.533. The van der Waals surface area contributed by atoms with E-state index in [1.54, 1.807) is 30.3 Å². The number of para-hydroxylation sites is 1. The van der Waals surface area contributed by atoms with Crippen LogP contribution >= 0.6 is 34.8 Å². The Morgan fingerprint density at radius 3 is 2.50 bits per heavy atom. The highest BCUT2D eigenvalue weighted by Gasteiger charge is 2.32. The second-order valence-corrected chi connectivity index (χ2v) is 9.68. The number of benzene rings is 3. The number of carbonyl (C=O) groups excluding carboxylic acids is 1. The predicted octanol–water partition coefficient (Wildman–Crippen LogP) is 5.65. The molecule has 1 amide bonds. The van der Waals surface area contributed by atoms with Crippen LogP contribution in [0.4, 0.5) is 11.4 Å². The van der Waals surface area contributed by atoms with Crippen LogP contribution in [0.25, 0.3) is 0 Å². The fourth-order valence-corrected chi connectivity index (χ4v) is 5.67. The van der Waals surface area contributed by atoms with E-state index in [9.17, 15) is 13.2 Å². The molecule has 0 radical (unpaired) electrons. The molecule has 1 N–H and O–H groups in total. The summed E-state index contributed by atoms with van der Waals surface area (Å²) in [5.41, 5.74) is 2.01. The highest BCUT2D eigenvalue weighted by molar-refractivity contribution is 7.93. The minimum Gasteiger partial charge on any atom is -0.321 e. The SMILES string of the molecule is O=C(Nc1cccc(Cl)c1Cl)c1ccc(Cl)c(S(=O)(=O)N2CCc3ccccc32)c1. The van der Waals surface area contributed by atoms with Gasteiger partial charge in [0.15, 0.2) is 0 Å². The third kappa shape index (κ3) is 3.76. The second kappa shape index (κ2) is 8.12. The number of hydrogen-bond acceptors (Lipinski definition) is 3. The van der Waals surface area contributed by atoms with E-state index >= 15 is 0 Å². The van der Waals surface area contributed by atoms with Gasteiger partial charge in [-0.2, -0.15) is 0 Å². The van der Waals surface area contributed by atoms with Gasteiger partial charge in [0, 0.05) is 12.1 Å². The summed E-state index contributed by atoms with van der Waals surface area (Å²) in [6.45, 7) is 0.312. The zero-order chi connectivity index (χ0) is 21.5. The maximum Gasteiger partial charge on any atom is 0.265 e. The van der Waals surface area contributed by atoms with Crippen LogP contribution in [-0.4, -0.2) is 20.9 Å². The molecule has 5 nitrogen and oxygen atoms in total. The van der Waals surface area contributed by atoms with Gasteiger partial charge in [0.05, 0.1) is 26.4 Å². The third-order valence-electron chi connectivity index (χ3n) is 4.81. The van der Waals surface area contributed by atoms with Crippen molar-refractivity contribution >= 4 is 62.1 Å². The van der Waals surface area contributed by atoms with Gasteiger partial charge in [0.2, 0.25) is 0 Å². The number of nitrogens with one attached hydrogen (secondary N) is 1. The Labute approximate surface area is 189 Å². The topological polar surface area (TPSA) is 66.5 Å². The van der Waals surface area contributed by atoms with E-state index in [-0.39, 0.29) is 20.5 Å². The fourth-order valence-electron chi connectivity index (χ4n) is 3.31. The molecular formula is C21H15Cl3N2O3S. The van der Waals surface area contributed by atoms with Gasteiger partial charge < -0.3 is 5.32 Å². The smallest absolute Gasteiger partial charge is 0.265 e. The number of amides is 1. The first kappa shape index (κ1) is 21.0. The molecular weight excluding hydrogens is 467 g/mol. The average molecular weight is 482 g/mol. The largest absolute Gasteiger partial charge is 0.321 e. The maximum absolute atomic E-state index is 13.3. The number of fused-ring (bicyclic) bond motifs is 1. The molecule has 1 aliphatic heterocycles. The quantitative estimate of drug-likeness (QED) is 0.523. The van der Waals surface area contributed by atoms with Crippen LogP contribution in [0.1, 0.15) is 15.9 Å². The number of rotatable bonds is 4. The molecule has 1 heterocycles. The highest BCUT2D eigenvalue weighted by Crippen LogP contribution is 2.35. The van der Waals surface area contributed by atoms with Crippen molar-refractivity contribution in [1.29, 1.82) is 0 Å². The lowest BCUT2D eigenvalue weighted by molar-refractivity contribution is 0.102. The second-order valence-electron chi connectivity index (χ2n) is 6.66. The number of sulfonamides is 1. The first-order valence-electron chi connectivity index (χ1n) is 8.94. The average Bonchev–Trinajstić information content (AvgIpc) is 3.16. The van der Waals surface area contributed by atoms with Crippen LogP contribution in [0.3, 0.4) is 0 Å². The molecule has 30 heavy (non-hydrogen) atoms. The first-order valence-corrected chi connectivity index (χ1v) is 11.5. The minimum absolute atomic E-state index is 0.0386. The number of nitrogens with zero attached hydrogens (tertiary/aromatic N) is 1. The Bertz CT molecular complexity index is 1260. The van der Waals surface area contributed by atoms with E-state index in [0.717, 1.165) is 5.56 Å². The number of hydrogen-bond donors (Lipinski definition) is 1. The lowest BCUT2D eigenvalue weighted by Crippen LogP contribution is -2.29. The normalized spacial score (nSPS) is 13.2. The number of halogens is 3. The lowest BCUT2D eigenvalue weighted by Gasteiger charge is -2.20. The Kier molecular flexibility index (Phi) is 5.68. The first-order chi connectivity index (χ1) is 14.3.